The molecule has 3 aliphatic heterocycles. The molecule has 1 fully saturated rings. The van der Waals surface area contributed by atoms with Gasteiger partial charge in [0.2, 0.25) is 0 Å². The highest BCUT2D eigenvalue weighted by molar-refractivity contribution is 6.12. The van der Waals surface area contributed by atoms with Crippen LogP contribution in [0.2, 0.25) is 0 Å². The van der Waals surface area contributed by atoms with Crippen LogP contribution in [0.4, 0.5) is 15.8 Å². The number of aromatic nitrogens is 2. The van der Waals surface area contributed by atoms with Crippen molar-refractivity contribution in [1.82, 2.24) is 10.1 Å². The van der Waals surface area contributed by atoms with Crippen molar-refractivity contribution >= 4 is 23.6 Å². The minimum atomic E-state index is -0.751. The van der Waals surface area contributed by atoms with Crippen molar-refractivity contribution in [3.63, 3.8) is 0 Å². The van der Waals surface area contributed by atoms with Crippen molar-refractivity contribution in [2.24, 2.45) is 4.99 Å². The van der Waals surface area contributed by atoms with E-state index in [9.17, 15) is 14.3 Å². The largest absolute Gasteiger partial charge is 0.396 e. The molecule has 30 heavy (non-hydrogen) atoms. The van der Waals surface area contributed by atoms with Crippen molar-refractivity contribution < 1.29 is 23.6 Å². The molecular weight excluding hydrogens is 393 g/mol. The summed E-state index contributed by atoms with van der Waals surface area (Å²) in [5.74, 6) is -0.505. The second-order valence-corrected chi connectivity index (χ2v) is 7.83. The number of ether oxygens (including phenoxy) is 1. The van der Waals surface area contributed by atoms with Crippen molar-refractivity contribution in [1.29, 1.82) is 0 Å². The molecule has 4 atom stereocenters. The molecule has 1 amide bonds. The number of fused-ring (bicyclic) bond motifs is 3. The molecule has 5 rings (SSSR count). The number of nitrogens with zero attached hydrogens (tertiary/aromatic N) is 5. The van der Waals surface area contributed by atoms with E-state index < -0.39 is 17.9 Å². The van der Waals surface area contributed by atoms with E-state index >= 15 is 0 Å². The highest BCUT2D eigenvalue weighted by atomic mass is 19.1. The molecule has 1 saturated heterocycles. The van der Waals surface area contributed by atoms with Gasteiger partial charge in [-0.2, -0.15) is 4.98 Å². The van der Waals surface area contributed by atoms with E-state index in [0.717, 1.165) is 12.8 Å². The number of aliphatic imine (C=N–C) groups is 1. The number of hydrogen-bond acceptors (Lipinski definition) is 8. The molecule has 3 aliphatic rings. The molecule has 1 N–H and O–H groups in total. The number of carbonyl (C=O) groups excluding carboxylic acids is 1. The third-order valence-electron chi connectivity index (χ3n) is 5.82. The van der Waals surface area contributed by atoms with Crippen LogP contribution < -0.4 is 9.80 Å². The van der Waals surface area contributed by atoms with Crippen LogP contribution in [0.15, 0.2) is 27.7 Å². The molecule has 0 bridgehead atoms. The van der Waals surface area contributed by atoms with Gasteiger partial charge in [-0.05, 0) is 25.0 Å². The van der Waals surface area contributed by atoms with Gasteiger partial charge in [-0.3, -0.25) is 9.79 Å². The van der Waals surface area contributed by atoms with Gasteiger partial charge >= 0.3 is 0 Å². The maximum absolute atomic E-state index is 14.8. The fourth-order valence-corrected chi connectivity index (χ4v) is 4.19. The summed E-state index contributed by atoms with van der Waals surface area (Å²) in [5.41, 5.74) is 0.800. The lowest BCUT2D eigenvalue weighted by Crippen LogP contribution is -2.54. The zero-order valence-corrected chi connectivity index (χ0v) is 16.4. The molecule has 1 aromatic heterocycles. The second kappa shape index (κ2) is 7.44. The van der Waals surface area contributed by atoms with Crippen LogP contribution in [0.3, 0.4) is 0 Å². The van der Waals surface area contributed by atoms with Gasteiger partial charge in [0, 0.05) is 12.5 Å². The molecule has 0 radical (unpaired) electrons. The Kier molecular flexibility index (Phi) is 4.75. The lowest BCUT2D eigenvalue weighted by Gasteiger charge is -2.40. The predicted molar refractivity (Wildman–Crippen MR) is 105 cm³/mol. The summed E-state index contributed by atoms with van der Waals surface area (Å²) in [6, 6.07) is 3.26. The minimum absolute atomic E-state index is 0.122. The number of amides is 1. The Morgan fingerprint density at radius 1 is 1.40 bits per heavy atom. The quantitative estimate of drug-likeness (QED) is 0.794. The van der Waals surface area contributed by atoms with Crippen LogP contribution in [-0.2, 0) is 9.53 Å². The minimum Gasteiger partial charge on any atom is -0.396 e. The number of halogens is 1. The number of aliphatic hydroxyl groups is 1. The zero-order chi connectivity index (χ0) is 20.8. The number of aliphatic hydroxyl groups excluding tert-OH is 1. The van der Waals surface area contributed by atoms with E-state index in [1.165, 1.54) is 17.3 Å². The fraction of sp³-hybridized carbons (Fsp3) is 0.500. The van der Waals surface area contributed by atoms with Crippen LogP contribution in [0.25, 0.3) is 0 Å². The Hall–Kier alpha value is -2.85. The predicted octanol–water partition coefficient (Wildman–Crippen LogP) is 1.79. The number of para-hydroxylation sites is 1. The average Bonchev–Trinajstić information content (AvgIpc) is 3.50. The Morgan fingerprint density at radius 2 is 2.27 bits per heavy atom. The van der Waals surface area contributed by atoms with Gasteiger partial charge < -0.3 is 24.2 Å². The summed E-state index contributed by atoms with van der Waals surface area (Å²) >= 11 is 0. The van der Waals surface area contributed by atoms with E-state index in [0.29, 0.717) is 18.1 Å². The topological polar surface area (TPSA) is 104 Å². The molecule has 1 aromatic carbocycles. The number of rotatable bonds is 5. The van der Waals surface area contributed by atoms with Crippen molar-refractivity contribution in [2.75, 3.05) is 29.6 Å². The molecule has 4 heterocycles. The lowest BCUT2D eigenvalue weighted by atomic mass is 10.0. The Labute approximate surface area is 172 Å². The number of benzene rings is 1. The smallest absolute Gasteiger partial charge is 0.254 e. The molecule has 9 nitrogen and oxygen atoms in total. The summed E-state index contributed by atoms with van der Waals surface area (Å²) in [6.07, 6.45) is 3.14. The summed E-state index contributed by atoms with van der Waals surface area (Å²) < 4.78 is 25.9. The van der Waals surface area contributed by atoms with Gasteiger partial charge in [0.25, 0.3) is 11.8 Å². The molecule has 2 aromatic rings. The van der Waals surface area contributed by atoms with Crippen molar-refractivity contribution in [3.8, 4) is 0 Å². The first-order chi connectivity index (χ1) is 14.6. The monoisotopic (exact) mass is 415 g/mol. The Morgan fingerprint density at radius 3 is 3.03 bits per heavy atom. The van der Waals surface area contributed by atoms with Crippen LogP contribution in [0, 0.1) is 5.82 Å². The lowest BCUT2D eigenvalue weighted by molar-refractivity contribution is -0.120. The zero-order valence-electron chi connectivity index (χ0n) is 16.4. The number of carbonyl (C=O) groups is 1. The summed E-state index contributed by atoms with van der Waals surface area (Å²) in [6.45, 7) is 2.57. The molecule has 158 valence electrons. The van der Waals surface area contributed by atoms with Gasteiger partial charge in [-0.25, -0.2) is 4.39 Å². The van der Waals surface area contributed by atoms with E-state index in [1.54, 1.807) is 24.0 Å². The Bertz CT molecular complexity index is 989. The second-order valence-electron chi connectivity index (χ2n) is 7.83. The summed E-state index contributed by atoms with van der Waals surface area (Å²) in [5, 5.41) is 13.2. The van der Waals surface area contributed by atoms with Crippen LogP contribution in [0.5, 0.6) is 0 Å². The van der Waals surface area contributed by atoms with E-state index in [1.807, 2.05) is 0 Å². The van der Waals surface area contributed by atoms with Gasteiger partial charge in [-0.15, -0.1) is 0 Å². The Balaban J connectivity index is 1.52. The van der Waals surface area contributed by atoms with Gasteiger partial charge in [0.05, 0.1) is 31.3 Å². The highest BCUT2D eigenvalue weighted by Crippen LogP contribution is 2.44. The molecule has 0 aliphatic carbocycles. The van der Waals surface area contributed by atoms with Gasteiger partial charge in [0.1, 0.15) is 17.5 Å². The van der Waals surface area contributed by atoms with Crippen molar-refractivity contribution in [3.05, 3.63) is 35.7 Å². The maximum Gasteiger partial charge on any atom is 0.254 e. The van der Waals surface area contributed by atoms with Crippen molar-refractivity contribution in [2.45, 2.75) is 43.9 Å². The van der Waals surface area contributed by atoms with Crippen LogP contribution in [0.1, 0.15) is 43.4 Å². The summed E-state index contributed by atoms with van der Waals surface area (Å²) in [4.78, 5) is 25.5. The molecule has 0 saturated carbocycles. The molecular formula is C20H22FN5O4. The maximum atomic E-state index is 14.8. The number of hydrogen-bond donors (Lipinski definition) is 1. The first kappa shape index (κ1) is 19.1. The first-order valence-electron chi connectivity index (χ1n) is 10.1. The average molecular weight is 415 g/mol. The van der Waals surface area contributed by atoms with Crippen LogP contribution in [-0.4, -0.2) is 59.4 Å². The molecule has 10 heteroatoms. The molecule has 4 unspecified atom stereocenters. The van der Waals surface area contributed by atoms with E-state index in [2.05, 4.69) is 15.1 Å². The number of anilines is 2. The summed E-state index contributed by atoms with van der Waals surface area (Å²) in [7, 11) is 0. The van der Waals surface area contributed by atoms with Gasteiger partial charge in [-0.1, -0.05) is 18.1 Å². The fourth-order valence-electron chi connectivity index (χ4n) is 4.19. The van der Waals surface area contributed by atoms with E-state index in [4.69, 9.17) is 9.26 Å². The highest BCUT2D eigenvalue weighted by Gasteiger charge is 2.49. The standard InChI is InChI=1S/C20H22FN5O4/c1-11(9-27)18-23-19(30-24-18)15-17-20(28)25(8-12-4-3-7-29-12)16-13(21)5-2-6-14(16)26(17)10-22-15/h2,5-6,10-12,15,17,27H,3-4,7-9H2,1H3. The normalized spacial score (nSPS) is 26.2. The first-order valence-corrected chi connectivity index (χ1v) is 10.1. The SMILES string of the molecule is CC(CO)c1noc(C2N=CN3c4cccc(F)c4N(CC4CCCO4)C(=O)C23)n1. The molecule has 0 spiro atoms. The third kappa shape index (κ3) is 2.98. The van der Waals surface area contributed by atoms with Crippen LogP contribution >= 0.6 is 0 Å². The van der Waals surface area contributed by atoms with Gasteiger partial charge in [0.15, 0.2) is 11.9 Å². The van der Waals surface area contributed by atoms with E-state index in [-0.39, 0.29) is 42.7 Å². The third-order valence-corrected chi connectivity index (χ3v) is 5.82.